The second-order valence-corrected chi connectivity index (χ2v) is 6.32. The molecule has 3 N–H and O–H groups in total. The van der Waals surface area contributed by atoms with Crippen LogP contribution in [0.2, 0.25) is 0 Å². The van der Waals surface area contributed by atoms with E-state index in [2.05, 4.69) is 20.8 Å². The van der Waals surface area contributed by atoms with E-state index in [1.54, 1.807) is 12.1 Å². The number of aryl methyl sites for hydroxylation is 1. The first-order valence-corrected chi connectivity index (χ1v) is 8.10. The summed E-state index contributed by atoms with van der Waals surface area (Å²) in [5, 5.41) is 24.0. The van der Waals surface area contributed by atoms with Gasteiger partial charge >= 0.3 is 6.18 Å². The van der Waals surface area contributed by atoms with Crippen molar-refractivity contribution in [2.24, 2.45) is 0 Å². The van der Waals surface area contributed by atoms with E-state index in [1.807, 2.05) is 0 Å². The van der Waals surface area contributed by atoms with E-state index in [9.17, 15) is 22.7 Å². The monoisotopic (exact) mass is 370 g/mol. The minimum absolute atomic E-state index is 0.125. The predicted molar refractivity (Wildman–Crippen MR) is 88.7 cm³/mol. The molecule has 140 valence electrons. The van der Waals surface area contributed by atoms with Gasteiger partial charge in [0.2, 0.25) is 0 Å². The first kappa shape index (κ1) is 18.4. The first-order valence-electron chi connectivity index (χ1n) is 8.10. The molecule has 1 saturated heterocycles. The molecule has 1 aromatic heterocycles. The Kier molecular flexibility index (Phi) is 4.99. The Morgan fingerprint density at radius 2 is 1.96 bits per heavy atom. The van der Waals surface area contributed by atoms with Crippen LogP contribution in [0.5, 0.6) is 5.75 Å². The summed E-state index contributed by atoms with van der Waals surface area (Å²) in [5.41, 5.74) is -0.234. The van der Waals surface area contributed by atoms with E-state index in [0.29, 0.717) is 31.4 Å². The summed E-state index contributed by atoms with van der Waals surface area (Å²) < 4.78 is 51.8. The predicted octanol–water partition coefficient (Wildman–Crippen LogP) is 3.29. The van der Waals surface area contributed by atoms with Crippen molar-refractivity contribution in [1.82, 2.24) is 15.5 Å². The lowest BCUT2D eigenvalue weighted by Crippen LogP contribution is -2.44. The van der Waals surface area contributed by atoms with E-state index in [4.69, 9.17) is 0 Å². The number of nitrogens with zero attached hydrogens (tertiary/aromatic N) is 2. The Hall–Kier alpha value is -2.42. The molecule has 0 aliphatic carbocycles. The van der Waals surface area contributed by atoms with Crippen LogP contribution in [0.4, 0.5) is 23.4 Å². The minimum Gasteiger partial charge on any atom is -0.507 e. The molecule has 0 radical (unpaired) electrons. The third kappa shape index (κ3) is 4.04. The highest BCUT2D eigenvalue weighted by Crippen LogP contribution is 2.38. The van der Waals surface area contributed by atoms with Crippen LogP contribution in [0, 0.1) is 6.92 Å². The van der Waals surface area contributed by atoms with Crippen LogP contribution < -0.4 is 10.6 Å². The van der Waals surface area contributed by atoms with Gasteiger partial charge in [-0.2, -0.15) is 13.2 Å². The maximum Gasteiger partial charge on any atom is 0.416 e. The van der Waals surface area contributed by atoms with Crippen molar-refractivity contribution >= 4 is 5.82 Å². The molecule has 1 aliphatic heterocycles. The van der Waals surface area contributed by atoms with Gasteiger partial charge in [-0.05, 0) is 36.8 Å². The number of hydrogen-bond acceptors (Lipinski definition) is 5. The molecule has 0 bridgehead atoms. The molecule has 26 heavy (non-hydrogen) atoms. The van der Waals surface area contributed by atoms with E-state index in [1.165, 1.54) is 6.92 Å². The summed E-state index contributed by atoms with van der Waals surface area (Å²) in [5.74, 6) is -0.0807. The van der Waals surface area contributed by atoms with Gasteiger partial charge in [0.15, 0.2) is 0 Å². The number of piperidine rings is 1. The van der Waals surface area contributed by atoms with Gasteiger partial charge in [0.25, 0.3) is 0 Å². The van der Waals surface area contributed by atoms with Gasteiger partial charge in [-0.1, -0.05) is 0 Å². The molecule has 1 aromatic carbocycles. The lowest BCUT2D eigenvalue weighted by Gasteiger charge is -2.26. The Balaban J connectivity index is 1.80. The van der Waals surface area contributed by atoms with Crippen molar-refractivity contribution in [3.05, 3.63) is 35.4 Å². The quantitative estimate of drug-likeness (QED) is 0.724. The molecule has 9 heteroatoms. The van der Waals surface area contributed by atoms with Crippen LogP contribution in [0.25, 0.3) is 11.3 Å². The van der Waals surface area contributed by atoms with Crippen LogP contribution in [-0.2, 0) is 6.18 Å². The fourth-order valence-electron chi connectivity index (χ4n) is 3.02. The molecule has 0 spiro atoms. The van der Waals surface area contributed by atoms with Gasteiger partial charge in [-0.3, -0.25) is 0 Å². The van der Waals surface area contributed by atoms with Crippen molar-refractivity contribution in [2.75, 3.05) is 18.4 Å². The van der Waals surface area contributed by atoms with E-state index < -0.39 is 23.7 Å². The van der Waals surface area contributed by atoms with Crippen LogP contribution in [0.15, 0.2) is 24.3 Å². The number of nitrogens with one attached hydrogen (secondary N) is 2. The Labute approximate surface area is 147 Å². The number of hydrogen-bond donors (Lipinski definition) is 3. The average Bonchev–Trinajstić information content (AvgIpc) is 2.55. The summed E-state index contributed by atoms with van der Waals surface area (Å²) in [6.45, 7) is 2.39. The fraction of sp³-hybridized carbons (Fsp3) is 0.412. The van der Waals surface area contributed by atoms with Crippen molar-refractivity contribution in [1.29, 1.82) is 0 Å². The standard InChI is InChI=1S/C17H18F4N4O/c1-9-4-10(17(19,20)21)5-14(26)16(9)13-2-3-15(25-24-13)23-12-6-11(18)7-22-8-12/h2-5,11-12,22,26H,6-8H2,1H3,(H,23,25)/t11-,12+/m0/s1. The highest BCUT2D eigenvalue weighted by atomic mass is 19.4. The number of halogens is 4. The topological polar surface area (TPSA) is 70.1 Å². The zero-order valence-corrected chi connectivity index (χ0v) is 13.9. The molecule has 0 amide bonds. The smallest absolute Gasteiger partial charge is 0.416 e. The maximum atomic E-state index is 13.4. The number of alkyl halides is 4. The summed E-state index contributed by atoms with van der Waals surface area (Å²) in [6, 6.07) is 4.65. The zero-order valence-electron chi connectivity index (χ0n) is 13.9. The SMILES string of the molecule is Cc1cc(C(F)(F)F)cc(O)c1-c1ccc(N[C@H]2CNC[C@@H](F)C2)nn1. The molecule has 0 saturated carbocycles. The van der Waals surface area contributed by atoms with Gasteiger partial charge in [0, 0.05) is 31.1 Å². The van der Waals surface area contributed by atoms with Crippen molar-refractivity contribution in [2.45, 2.75) is 31.7 Å². The summed E-state index contributed by atoms with van der Waals surface area (Å²) in [6.07, 6.45) is -5.11. The van der Waals surface area contributed by atoms with Crippen molar-refractivity contribution < 1.29 is 22.7 Å². The van der Waals surface area contributed by atoms with Gasteiger partial charge in [-0.25, -0.2) is 4.39 Å². The molecule has 2 heterocycles. The molecule has 1 fully saturated rings. The van der Waals surface area contributed by atoms with E-state index in [0.717, 1.165) is 6.07 Å². The summed E-state index contributed by atoms with van der Waals surface area (Å²) in [4.78, 5) is 0. The molecular weight excluding hydrogens is 352 g/mol. The zero-order chi connectivity index (χ0) is 18.9. The van der Waals surface area contributed by atoms with E-state index in [-0.39, 0.29) is 22.9 Å². The van der Waals surface area contributed by atoms with Crippen molar-refractivity contribution in [3.63, 3.8) is 0 Å². The van der Waals surface area contributed by atoms with Crippen LogP contribution in [0.3, 0.4) is 0 Å². The number of anilines is 1. The van der Waals surface area contributed by atoms with Crippen LogP contribution in [0.1, 0.15) is 17.5 Å². The Bertz CT molecular complexity index is 756. The fourth-order valence-corrected chi connectivity index (χ4v) is 3.02. The normalized spacial score (nSPS) is 20.8. The molecule has 2 atom stereocenters. The minimum atomic E-state index is -4.54. The Morgan fingerprint density at radius 1 is 1.19 bits per heavy atom. The molecule has 1 aliphatic rings. The molecular formula is C17H18F4N4O. The van der Waals surface area contributed by atoms with Crippen molar-refractivity contribution in [3.8, 4) is 17.0 Å². The number of phenols is 1. The number of aromatic nitrogens is 2. The molecule has 0 unspecified atom stereocenters. The highest BCUT2D eigenvalue weighted by molar-refractivity contribution is 5.71. The summed E-state index contributed by atoms with van der Waals surface area (Å²) >= 11 is 0. The average molecular weight is 370 g/mol. The number of aromatic hydroxyl groups is 1. The Morgan fingerprint density at radius 3 is 2.54 bits per heavy atom. The first-order chi connectivity index (χ1) is 12.2. The third-order valence-electron chi connectivity index (χ3n) is 4.21. The summed E-state index contributed by atoms with van der Waals surface area (Å²) in [7, 11) is 0. The second-order valence-electron chi connectivity index (χ2n) is 6.32. The molecule has 2 aromatic rings. The molecule has 3 rings (SSSR count). The van der Waals surface area contributed by atoms with Gasteiger partial charge in [0.05, 0.1) is 11.3 Å². The van der Waals surface area contributed by atoms with Crippen LogP contribution >= 0.6 is 0 Å². The van der Waals surface area contributed by atoms with Gasteiger partial charge in [0.1, 0.15) is 17.7 Å². The number of phenolic OH excluding ortho intramolecular Hbond substituents is 1. The second kappa shape index (κ2) is 7.06. The lowest BCUT2D eigenvalue weighted by molar-refractivity contribution is -0.137. The third-order valence-corrected chi connectivity index (χ3v) is 4.21. The number of benzene rings is 1. The highest BCUT2D eigenvalue weighted by Gasteiger charge is 2.32. The van der Waals surface area contributed by atoms with Gasteiger partial charge in [-0.15, -0.1) is 10.2 Å². The largest absolute Gasteiger partial charge is 0.507 e. The van der Waals surface area contributed by atoms with E-state index >= 15 is 0 Å². The molecule has 5 nitrogen and oxygen atoms in total. The van der Waals surface area contributed by atoms with Crippen LogP contribution in [-0.4, -0.2) is 40.6 Å². The lowest BCUT2D eigenvalue weighted by atomic mass is 10.0. The van der Waals surface area contributed by atoms with Gasteiger partial charge < -0.3 is 15.7 Å². The maximum absolute atomic E-state index is 13.4. The number of rotatable bonds is 3.